The highest BCUT2D eigenvalue weighted by atomic mass is 32.2. The first-order valence-corrected chi connectivity index (χ1v) is 10.1. The molecule has 0 bridgehead atoms. The summed E-state index contributed by atoms with van der Waals surface area (Å²) in [5.41, 5.74) is 0.779. The van der Waals surface area contributed by atoms with Gasteiger partial charge in [-0.3, -0.25) is 0 Å². The minimum Gasteiger partial charge on any atom is -0.497 e. The Morgan fingerprint density at radius 3 is 2.70 bits per heavy atom. The predicted octanol–water partition coefficient (Wildman–Crippen LogP) is 3.75. The van der Waals surface area contributed by atoms with Gasteiger partial charge in [0.25, 0.3) is 0 Å². The molecule has 1 heterocycles. The topological polar surface area (TPSA) is 55.8 Å². The molecule has 0 aliphatic carbocycles. The largest absolute Gasteiger partial charge is 0.497 e. The van der Waals surface area contributed by atoms with Gasteiger partial charge in [-0.25, -0.2) is 12.8 Å². The molecule has 3 rings (SSSR count). The lowest BCUT2D eigenvalue weighted by Crippen LogP contribution is -2.36. The summed E-state index contributed by atoms with van der Waals surface area (Å²) in [6.45, 7) is 3.95. The van der Waals surface area contributed by atoms with Gasteiger partial charge in [0.2, 0.25) is 10.0 Å². The molecule has 0 N–H and O–H groups in total. The number of nitrogens with zero attached hydrogens (tertiary/aromatic N) is 1. The van der Waals surface area contributed by atoms with Gasteiger partial charge in [0.05, 0.1) is 13.7 Å². The van der Waals surface area contributed by atoms with Gasteiger partial charge >= 0.3 is 0 Å². The van der Waals surface area contributed by atoms with Crippen LogP contribution in [-0.2, 0) is 16.6 Å². The van der Waals surface area contributed by atoms with Crippen LogP contribution in [-0.4, -0.2) is 32.5 Å². The third-order valence-corrected chi connectivity index (χ3v) is 6.31. The summed E-state index contributed by atoms with van der Waals surface area (Å²) in [5.74, 6) is -0.0704. The SMILES string of the molecule is C=CCCC1CN(Cc2ccc(OC)cc2)S(=O)(=O)c2c(F)cccc2O1. The Morgan fingerprint density at radius 2 is 2.04 bits per heavy atom. The number of sulfonamides is 1. The average molecular weight is 391 g/mol. The second kappa shape index (κ2) is 8.10. The minimum absolute atomic E-state index is 0.0568. The minimum atomic E-state index is -4.05. The van der Waals surface area contributed by atoms with Crippen molar-refractivity contribution in [3.63, 3.8) is 0 Å². The lowest BCUT2D eigenvalue weighted by atomic mass is 10.1. The second-order valence-electron chi connectivity index (χ2n) is 6.32. The number of fused-ring (bicyclic) bond motifs is 1. The zero-order chi connectivity index (χ0) is 19.4. The summed E-state index contributed by atoms with van der Waals surface area (Å²) < 4.78 is 53.0. The molecule has 1 unspecified atom stereocenters. The lowest BCUT2D eigenvalue weighted by Gasteiger charge is -2.23. The Morgan fingerprint density at radius 1 is 1.30 bits per heavy atom. The van der Waals surface area contributed by atoms with Gasteiger partial charge in [0, 0.05) is 6.54 Å². The molecular formula is C20H22FNO4S. The number of benzene rings is 2. The van der Waals surface area contributed by atoms with Crippen molar-refractivity contribution in [1.29, 1.82) is 0 Å². The molecule has 0 fully saturated rings. The maximum Gasteiger partial charge on any atom is 0.250 e. The summed E-state index contributed by atoms with van der Waals surface area (Å²) in [6, 6.07) is 11.2. The fourth-order valence-electron chi connectivity index (χ4n) is 3.04. The highest BCUT2D eigenvalue weighted by Crippen LogP contribution is 2.34. The molecule has 5 nitrogen and oxygen atoms in total. The number of hydrogen-bond donors (Lipinski definition) is 0. The van der Waals surface area contributed by atoms with Crippen molar-refractivity contribution in [2.45, 2.75) is 30.4 Å². The van der Waals surface area contributed by atoms with E-state index in [1.54, 1.807) is 37.5 Å². The van der Waals surface area contributed by atoms with Crippen LogP contribution in [0.25, 0.3) is 0 Å². The second-order valence-corrected chi connectivity index (χ2v) is 8.19. The van der Waals surface area contributed by atoms with E-state index in [1.807, 2.05) is 0 Å². The summed E-state index contributed by atoms with van der Waals surface area (Å²) in [4.78, 5) is -0.403. The van der Waals surface area contributed by atoms with Crippen molar-refractivity contribution in [2.75, 3.05) is 13.7 Å². The first-order chi connectivity index (χ1) is 13.0. The molecule has 0 spiro atoms. The molecule has 2 aromatic rings. The Balaban J connectivity index is 1.99. The number of hydrogen-bond acceptors (Lipinski definition) is 4. The van der Waals surface area contributed by atoms with Gasteiger partial charge in [0.1, 0.15) is 23.4 Å². The van der Waals surface area contributed by atoms with Crippen LogP contribution in [0.4, 0.5) is 4.39 Å². The molecular weight excluding hydrogens is 369 g/mol. The normalized spacial score (nSPS) is 18.8. The van der Waals surface area contributed by atoms with Gasteiger partial charge in [-0.05, 0) is 42.7 Å². The molecule has 27 heavy (non-hydrogen) atoms. The van der Waals surface area contributed by atoms with Crippen LogP contribution < -0.4 is 9.47 Å². The number of allylic oxidation sites excluding steroid dienone is 1. The van der Waals surface area contributed by atoms with Crippen molar-refractivity contribution in [1.82, 2.24) is 4.31 Å². The van der Waals surface area contributed by atoms with Crippen LogP contribution >= 0.6 is 0 Å². The van der Waals surface area contributed by atoms with E-state index >= 15 is 0 Å². The van der Waals surface area contributed by atoms with E-state index in [0.29, 0.717) is 18.6 Å². The summed E-state index contributed by atoms with van der Waals surface area (Å²) >= 11 is 0. The molecule has 1 aliphatic rings. The monoisotopic (exact) mass is 391 g/mol. The van der Waals surface area contributed by atoms with Gasteiger partial charge in [-0.1, -0.05) is 24.3 Å². The van der Waals surface area contributed by atoms with E-state index in [-0.39, 0.29) is 24.9 Å². The van der Waals surface area contributed by atoms with E-state index in [0.717, 1.165) is 11.6 Å². The standard InChI is InChI=1S/C20H22FNO4S/c1-3-4-6-17-14-22(13-15-9-11-16(25-2)12-10-15)27(23,24)20-18(21)7-5-8-19(20)26-17/h3,5,7-12,17H,1,4,6,13-14H2,2H3. The maximum absolute atomic E-state index is 14.4. The van der Waals surface area contributed by atoms with E-state index in [1.165, 1.54) is 16.4 Å². The third-order valence-electron chi connectivity index (χ3n) is 4.44. The van der Waals surface area contributed by atoms with Crippen molar-refractivity contribution in [3.8, 4) is 11.5 Å². The molecule has 1 atom stereocenters. The van der Waals surface area contributed by atoms with Crippen LogP contribution in [0.5, 0.6) is 11.5 Å². The van der Waals surface area contributed by atoms with Crippen LogP contribution in [0.2, 0.25) is 0 Å². The molecule has 0 aromatic heterocycles. The molecule has 0 radical (unpaired) electrons. The van der Waals surface area contributed by atoms with Gasteiger partial charge in [-0.15, -0.1) is 6.58 Å². The number of halogens is 1. The Labute approximate surface area is 159 Å². The van der Waals surface area contributed by atoms with Crippen LogP contribution in [0.1, 0.15) is 18.4 Å². The highest BCUT2D eigenvalue weighted by molar-refractivity contribution is 7.89. The van der Waals surface area contributed by atoms with Gasteiger partial charge in [-0.2, -0.15) is 4.31 Å². The summed E-state index contributed by atoms with van der Waals surface area (Å²) in [5, 5.41) is 0. The quantitative estimate of drug-likeness (QED) is 0.704. The average Bonchev–Trinajstić information content (AvgIpc) is 2.75. The van der Waals surface area contributed by atoms with Crippen molar-refractivity contribution >= 4 is 10.0 Å². The Bertz CT molecular complexity index is 912. The van der Waals surface area contributed by atoms with Gasteiger partial charge in [0.15, 0.2) is 4.90 Å². The zero-order valence-corrected chi connectivity index (χ0v) is 15.9. The van der Waals surface area contributed by atoms with E-state index < -0.39 is 20.7 Å². The van der Waals surface area contributed by atoms with Gasteiger partial charge < -0.3 is 9.47 Å². The van der Waals surface area contributed by atoms with E-state index in [9.17, 15) is 12.8 Å². The first kappa shape index (κ1) is 19.4. The van der Waals surface area contributed by atoms with Crippen molar-refractivity contribution in [2.24, 2.45) is 0 Å². The molecule has 0 saturated carbocycles. The number of rotatable bonds is 6. The van der Waals surface area contributed by atoms with Crippen molar-refractivity contribution in [3.05, 3.63) is 66.5 Å². The van der Waals surface area contributed by atoms with Crippen molar-refractivity contribution < 1.29 is 22.3 Å². The first-order valence-electron chi connectivity index (χ1n) is 8.65. The third kappa shape index (κ3) is 4.14. The maximum atomic E-state index is 14.4. The lowest BCUT2D eigenvalue weighted by molar-refractivity contribution is 0.163. The smallest absolute Gasteiger partial charge is 0.250 e. The molecule has 0 amide bonds. The fraction of sp³-hybridized carbons (Fsp3) is 0.300. The Hall–Kier alpha value is -2.38. The molecule has 144 valence electrons. The highest BCUT2D eigenvalue weighted by Gasteiger charge is 2.36. The molecule has 0 saturated heterocycles. The fourth-order valence-corrected chi connectivity index (χ4v) is 4.67. The summed E-state index contributed by atoms with van der Waals surface area (Å²) in [6.07, 6.45) is 2.63. The molecule has 7 heteroatoms. The van der Waals surface area contributed by atoms with E-state index in [4.69, 9.17) is 9.47 Å². The molecule has 2 aromatic carbocycles. The molecule has 1 aliphatic heterocycles. The van der Waals surface area contributed by atoms with Crippen LogP contribution in [0.15, 0.2) is 60.0 Å². The van der Waals surface area contributed by atoms with Crippen LogP contribution in [0.3, 0.4) is 0 Å². The van der Waals surface area contributed by atoms with E-state index in [2.05, 4.69) is 6.58 Å². The Kier molecular flexibility index (Phi) is 5.82. The van der Waals surface area contributed by atoms with Crippen LogP contribution in [0, 0.1) is 5.82 Å². The predicted molar refractivity (Wildman–Crippen MR) is 101 cm³/mol. The number of methoxy groups -OCH3 is 1. The summed E-state index contributed by atoms with van der Waals surface area (Å²) in [7, 11) is -2.48. The number of ether oxygens (including phenoxy) is 2. The zero-order valence-electron chi connectivity index (χ0n) is 15.1.